The zero-order valence-corrected chi connectivity index (χ0v) is 13.2. The van der Waals surface area contributed by atoms with E-state index in [1.165, 1.54) is 11.3 Å². The minimum absolute atomic E-state index is 0.0297. The summed E-state index contributed by atoms with van der Waals surface area (Å²) in [5, 5.41) is 9.84. The molecule has 0 radical (unpaired) electrons. The minimum atomic E-state index is -3.43. The molecule has 114 valence electrons. The van der Waals surface area contributed by atoms with E-state index in [9.17, 15) is 8.42 Å². The molecule has 3 rings (SSSR count). The summed E-state index contributed by atoms with van der Waals surface area (Å²) in [4.78, 5) is 0. The van der Waals surface area contributed by atoms with E-state index in [1.54, 1.807) is 22.2 Å². The smallest absolute Gasteiger partial charge is 0.250 e. The van der Waals surface area contributed by atoms with Gasteiger partial charge in [-0.3, -0.25) is 0 Å². The van der Waals surface area contributed by atoms with E-state index in [0.717, 1.165) is 11.4 Å². The Morgan fingerprint density at radius 1 is 1.57 bits per heavy atom. The lowest BCUT2D eigenvalue weighted by molar-refractivity contribution is 0.0954. The van der Waals surface area contributed by atoms with E-state index in [4.69, 9.17) is 4.74 Å². The van der Waals surface area contributed by atoms with Crippen LogP contribution in [0.1, 0.15) is 11.4 Å². The van der Waals surface area contributed by atoms with Gasteiger partial charge >= 0.3 is 0 Å². The van der Waals surface area contributed by atoms with Crippen molar-refractivity contribution < 1.29 is 13.2 Å². The van der Waals surface area contributed by atoms with Gasteiger partial charge in [0.25, 0.3) is 0 Å². The molecule has 21 heavy (non-hydrogen) atoms. The van der Waals surface area contributed by atoms with Crippen LogP contribution in [-0.2, 0) is 27.9 Å². The van der Waals surface area contributed by atoms with Crippen LogP contribution in [0.25, 0.3) is 0 Å². The summed E-state index contributed by atoms with van der Waals surface area (Å²) in [7, 11) is -3.43. The maximum absolute atomic E-state index is 12.1. The Morgan fingerprint density at radius 3 is 3.19 bits per heavy atom. The molecule has 0 saturated carbocycles. The number of hydrogen-bond acceptors (Lipinski definition) is 6. The number of hydrogen-bond donors (Lipinski definition) is 1. The molecule has 1 N–H and O–H groups in total. The lowest BCUT2D eigenvalue weighted by Crippen LogP contribution is -2.32. The van der Waals surface area contributed by atoms with Crippen LogP contribution in [0.2, 0.25) is 0 Å². The summed E-state index contributed by atoms with van der Waals surface area (Å²) in [6, 6.07) is 3.31. The van der Waals surface area contributed by atoms with Crippen molar-refractivity contribution in [2.45, 2.75) is 24.3 Å². The fourth-order valence-electron chi connectivity index (χ4n) is 2.20. The Labute approximate surface area is 127 Å². The van der Waals surface area contributed by atoms with Crippen molar-refractivity contribution in [2.24, 2.45) is 5.92 Å². The van der Waals surface area contributed by atoms with Gasteiger partial charge in [-0.1, -0.05) is 11.3 Å². The van der Waals surface area contributed by atoms with E-state index in [2.05, 4.69) is 15.0 Å². The number of ether oxygens (including phenoxy) is 1. The molecule has 0 unspecified atom stereocenters. The summed E-state index contributed by atoms with van der Waals surface area (Å²) in [6.07, 6.45) is 0. The molecule has 0 saturated heterocycles. The normalized spacial score (nSPS) is 19.2. The van der Waals surface area contributed by atoms with Crippen molar-refractivity contribution >= 4 is 21.4 Å². The van der Waals surface area contributed by atoms with Crippen molar-refractivity contribution in [3.63, 3.8) is 0 Å². The number of fused-ring (bicyclic) bond motifs is 1. The summed E-state index contributed by atoms with van der Waals surface area (Å²) in [5.41, 5.74) is 1.81. The quantitative estimate of drug-likeness (QED) is 0.896. The standard InChI is InChI=1S/C12H16N4O3S2/c1-9-11-8-19-7-10(6-16(11)15-14-9)5-13-21(17,18)12-3-2-4-20-12/h2-4,10,13H,5-8H2,1H3/t10-/m1/s1. The zero-order valence-electron chi connectivity index (χ0n) is 11.5. The summed E-state index contributed by atoms with van der Waals surface area (Å²) in [5.74, 6) is 0.0297. The van der Waals surface area contributed by atoms with Gasteiger partial charge < -0.3 is 4.74 Å². The second-order valence-corrected chi connectivity index (χ2v) is 7.91. The van der Waals surface area contributed by atoms with Gasteiger partial charge in [-0.05, 0) is 18.4 Å². The predicted octanol–water partition coefficient (Wildman–Crippen LogP) is 0.773. The molecule has 2 aromatic heterocycles. The van der Waals surface area contributed by atoms with Gasteiger partial charge in [0.05, 0.1) is 24.6 Å². The molecule has 1 aliphatic rings. The molecule has 0 aliphatic carbocycles. The second kappa shape index (κ2) is 5.84. The average Bonchev–Trinajstić information content (AvgIpc) is 3.04. The Balaban J connectivity index is 1.66. The van der Waals surface area contributed by atoms with E-state index >= 15 is 0 Å². The molecule has 9 heteroatoms. The molecule has 0 bridgehead atoms. The first-order valence-corrected chi connectivity index (χ1v) is 8.92. The van der Waals surface area contributed by atoms with Crippen LogP contribution < -0.4 is 4.72 Å². The van der Waals surface area contributed by atoms with Crippen LogP contribution in [0.5, 0.6) is 0 Å². The third kappa shape index (κ3) is 3.15. The SMILES string of the molecule is Cc1nnn2c1COC[C@H](CNS(=O)(=O)c1cccs1)C2. The number of thiophene rings is 1. The van der Waals surface area contributed by atoms with E-state index in [-0.39, 0.29) is 5.92 Å². The molecule has 1 aliphatic heterocycles. The molecule has 0 aromatic carbocycles. The van der Waals surface area contributed by atoms with Crippen LogP contribution in [0.4, 0.5) is 0 Å². The number of sulfonamides is 1. The third-order valence-corrected chi connectivity index (χ3v) is 6.20. The third-order valence-electron chi connectivity index (χ3n) is 3.38. The highest BCUT2D eigenvalue weighted by Crippen LogP contribution is 2.17. The van der Waals surface area contributed by atoms with E-state index < -0.39 is 10.0 Å². The molecule has 0 fully saturated rings. The molecular weight excluding hydrogens is 312 g/mol. The fraction of sp³-hybridized carbons (Fsp3) is 0.500. The molecule has 0 amide bonds. The summed E-state index contributed by atoms with van der Waals surface area (Å²) < 4.78 is 34.5. The largest absolute Gasteiger partial charge is 0.375 e. The number of aryl methyl sites for hydroxylation is 1. The highest BCUT2D eigenvalue weighted by atomic mass is 32.2. The van der Waals surface area contributed by atoms with Crippen LogP contribution in [0, 0.1) is 12.8 Å². The number of rotatable bonds is 4. The van der Waals surface area contributed by atoms with Crippen LogP contribution in [0.15, 0.2) is 21.7 Å². The first kappa shape index (κ1) is 14.6. The van der Waals surface area contributed by atoms with Crippen LogP contribution in [0.3, 0.4) is 0 Å². The first-order chi connectivity index (χ1) is 10.1. The van der Waals surface area contributed by atoms with Crippen molar-refractivity contribution in [3.8, 4) is 0 Å². The van der Waals surface area contributed by atoms with E-state index in [1.807, 2.05) is 6.92 Å². The first-order valence-electron chi connectivity index (χ1n) is 6.56. The monoisotopic (exact) mass is 328 g/mol. The molecule has 1 atom stereocenters. The Morgan fingerprint density at radius 2 is 2.43 bits per heavy atom. The molecular formula is C12H16N4O3S2. The number of nitrogens with zero attached hydrogens (tertiary/aromatic N) is 3. The highest BCUT2D eigenvalue weighted by molar-refractivity contribution is 7.91. The number of nitrogens with one attached hydrogen (secondary N) is 1. The van der Waals surface area contributed by atoms with Gasteiger partial charge in [0.2, 0.25) is 10.0 Å². The Bertz CT molecular complexity index is 709. The Kier molecular flexibility index (Phi) is 4.07. The van der Waals surface area contributed by atoms with Gasteiger partial charge in [0, 0.05) is 19.0 Å². The topological polar surface area (TPSA) is 86.1 Å². The maximum atomic E-state index is 12.1. The van der Waals surface area contributed by atoms with Gasteiger partial charge in [-0.25, -0.2) is 17.8 Å². The molecule has 0 spiro atoms. The molecule has 3 heterocycles. The minimum Gasteiger partial charge on any atom is -0.375 e. The number of aromatic nitrogens is 3. The zero-order chi connectivity index (χ0) is 14.9. The van der Waals surface area contributed by atoms with Gasteiger partial charge in [-0.15, -0.1) is 16.4 Å². The lowest BCUT2D eigenvalue weighted by atomic mass is 10.1. The van der Waals surface area contributed by atoms with Crippen molar-refractivity contribution in [3.05, 3.63) is 28.9 Å². The maximum Gasteiger partial charge on any atom is 0.250 e. The Hall–Kier alpha value is -1.29. The lowest BCUT2D eigenvalue weighted by Gasteiger charge is -2.14. The van der Waals surface area contributed by atoms with Gasteiger partial charge in [0.15, 0.2) is 0 Å². The van der Waals surface area contributed by atoms with Crippen molar-refractivity contribution in [2.75, 3.05) is 13.2 Å². The molecule has 2 aromatic rings. The second-order valence-electron chi connectivity index (χ2n) is 4.97. The average molecular weight is 328 g/mol. The van der Waals surface area contributed by atoms with Crippen LogP contribution in [-0.4, -0.2) is 36.6 Å². The summed E-state index contributed by atoms with van der Waals surface area (Å²) >= 11 is 1.20. The predicted molar refractivity (Wildman–Crippen MR) is 77.4 cm³/mol. The summed E-state index contributed by atoms with van der Waals surface area (Å²) in [6.45, 7) is 3.77. The van der Waals surface area contributed by atoms with Crippen molar-refractivity contribution in [1.82, 2.24) is 19.7 Å². The van der Waals surface area contributed by atoms with E-state index in [0.29, 0.717) is 30.5 Å². The fourth-order valence-corrected chi connectivity index (χ4v) is 4.36. The highest BCUT2D eigenvalue weighted by Gasteiger charge is 2.22. The van der Waals surface area contributed by atoms with Gasteiger partial charge in [0.1, 0.15) is 4.21 Å². The van der Waals surface area contributed by atoms with Crippen molar-refractivity contribution in [1.29, 1.82) is 0 Å². The van der Waals surface area contributed by atoms with Gasteiger partial charge in [-0.2, -0.15) is 0 Å². The van der Waals surface area contributed by atoms with Crippen LogP contribution >= 0.6 is 11.3 Å². The molecule has 7 nitrogen and oxygen atoms in total.